The summed E-state index contributed by atoms with van der Waals surface area (Å²) in [6.07, 6.45) is 1.40. The molecule has 1 atom stereocenters. The van der Waals surface area contributed by atoms with Crippen LogP contribution in [0.25, 0.3) is 0 Å². The first-order valence-corrected chi connectivity index (χ1v) is 5.27. The molecule has 0 aromatic heterocycles. The van der Waals surface area contributed by atoms with Crippen LogP contribution in [-0.2, 0) is 9.59 Å². The summed E-state index contributed by atoms with van der Waals surface area (Å²) in [4.78, 5) is 23.3. The quantitative estimate of drug-likeness (QED) is 0.593. The van der Waals surface area contributed by atoms with E-state index < -0.39 is 12.0 Å². The number of carbonyl (C=O) groups excluding carboxylic acids is 1. The van der Waals surface area contributed by atoms with Gasteiger partial charge in [0.2, 0.25) is 5.91 Å². The molecule has 1 unspecified atom stereocenters. The molecule has 1 amide bonds. The third kappa shape index (κ3) is 1.88. The van der Waals surface area contributed by atoms with E-state index in [0.29, 0.717) is 17.4 Å². The van der Waals surface area contributed by atoms with Gasteiger partial charge >= 0.3 is 5.97 Å². The Balaban J connectivity index is 2.63. The zero-order valence-corrected chi connectivity index (χ0v) is 8.65. The number of carboxylic acids is 1. The zero-order chi connectivity index (χ0) is 9.14. The molecule has 5 heteroatoms. The minimum Gasteiger partial charge on any atom is -0.480 e. The summed E-state index contributed by atoms with van der Waals surface area (Å²) in [6, 6.07) is -0.577. The van der Waals surface area contributed by atoms with Gasteiger partial charge in [0.05, 0.1) is 4.43 Å². The van der Waals surface area contributed by atoms with Crippen molar-refractivity contribution in [1.29, 1.82) is 0 Å². The largest absolute Gasteiger partial charge is 0.480 e. The Labute approximate surface area is 84.1 Å². The predicted molar refractivity (Wildman–Crippen MR) is 51.3 cm³/mol. The summed E-state index contributed by atoms with van der Waals surface area (Å²) >= 11 is 1.95. The molecule has 0 saturated carbocycles. The molecule has 1 rings (SSSR count). The lowest BCUT2D eigenvalue weighted by molar-refractivity contribution is -0.147. The topological polar surface area (TPSA) is 57.6 Å². The smallest absolute Gasteiger partial charge is 0.326 e. The van der Waals surface area contributed by atoms with Crippen LogP contribution in [0.3, 0.4) is 0 Å². The molecular formula is C7H10INO3. The standard InChI is InChI=1S/C7H10INO3/c8-4-6(10)9-3-1-2-5(9)7(11)12/h5H,1-4H2,(H,11,12). The number of halogens is 1. The molecule has 0 aromatic carbocycles. The fourth-order valence-corrected chi connectivity index (χ4v) is 1.84. The van der Waals surface area contributed by atoms with Crippen LogP contribution in [0, 0.1) is 0 Å². The van der Waals surface area contributed by atoms with Gasteiger partial charge in [-0.2, -0.15) is 0 Å². The van der Waals surface area contributed by atoms with Crippen molar-refractivity contribution in [1.82, 2.24) is 4.90 Å². The minimum atomic E-state index is -0.884. The second-order valence-electron chi connectivity index (χ2n) is 2.72. The molecule has 1 saturated heterocycles. The van der Waals surface area contributed by atoms with E-state index in [1.54, 1.807) is 0 Å². The van der Waals surface area contributed by atoms with Gasteiger partial charge in [-0.3, -0.25) is 4.79 Å². The van der Waals surface area contributed by atoms with E-state index in [1.165, 1.54) is 4.90 Å². The van der Waals surface area contributed by atoms with Crippen LogP contribution in [-0.4, -0.2) is 38.9 Å². The number of nitrogens with zero attached hydrogens (tertiary/aromatic N) is 1. The first-order valence-electron chi connectivity index (χ1n) is 3.75. The SMILES string of the molecule is O=C(O)C1CCCN1C(=O)CI. The maximum absolute atomic E-state index is 11.2. The number of likely N-dealkylation sites (tertiary alicyclic amines) is 1. The van der Waals surface area contributed by atoms with Crippen LogP contribution in [0.4, 0.5) is 0 Å². The van der Waals surface area contributed by atoms with Gasteiger partial charge in [-0.15, -0.1) is 0 Å². The third-order valence-electron chi connectivity index (χ3n) is 1.97. The number of aliphatic carboxylic acids is 1. The molecule has 0 spiro atoms. The normalized spacial score (nSPS) is 22.8. The molecule has 1 aliphatic heterocycles. The van der Waals surface area contributed by atoms with E-state index in [0.717, 1.165) is 6.42 Å². The maximum Gasteiger partial charge on any atom is 0.326 e. The lowest BCUT2D eigenvalue weighted by Gasteiger charge is -2.19. The molecule has 1 heterocycles. The molecule has 0 bridgehead atoms. The Hall–Kier alpha value is -0.330. The first kappa shape index (κ1) is 9.76. The van der Waals surface area contributed by atoms with Crippen LogP contribution in [0.2, 0.25) is 0 Å². The second kappa shape index (κ2) is 4.06. The molecule has 4 nitrogen and oxygen atoms in total. The van der Waals surface area contributed by atoms with Gasteiger partial charge in [0.25, 0.3) is 0 Å². The zero-order valence-electron chi connectivity index (χ0n) is 6.49. The number of hydrogen-bond acceptors (Lipinski definition) is 2. The summed E-state index contributed by atoms with van der Waals surface area (Å²) in [6.45, 7) is 0.596. The lowest BCUT2D eigenvalue weighted by Crippen LogP contribution is -2.40. The minimum absolute atomic E-state index is 0.0690. The third-order valence-corrected chi connectivity index (χ3v) is 2.63. The van der Waals surface area contributed by atoms with Crippen LogP contribution in [0.1, 0.15) is 12.8 Å². The first-order chi connectivity index (χ1) is 5.66. The summed E-state index contributed by atoms with van der Waals surface area (Å²) in [5.41, 5.74) is 0. The van der Waals surface area contributed by atoms with Crippen molar-refractivity contribution < 1.29 is 14.7 Å². The molecule has 1 fully saturated rings. The van der Waals surface area contributed by atoms with Gasteiger partial charge in [-0.1, -0.05) is 22.6 Å². The lowest BCUT2D eigenvalue weighted by atomic mass is 10.2. The highest BCUT2D eigenvalue weighted by molar-refractivity contribution is 14.1. The van der Waals surface area contributed by atoms with Gasteiger partial charge in [-0.25, -0.2) is 4.79 Å². The predicted octanol–water partition coefficient (Wildman–Crippen LogP) is 0.497. The van der Waals surface area contributed by atoms with E-state index in [9.17, 15) is 9.59 Å². The molecular weight excluding hydrogens is 273 g/mol. The Morgan fingerprint density at radius 3 is 2.75 bits per heavy atom. The van der Waals surface area contributed by atoms with Crippen LogP contribution in [0.5, 0.6) is 0 Å². The second-order valence-corrected chi connectivity index (χ2v) is 3.48. The molecule has 0 aliphatic carbocycles. The summed E-state index contributed by atoms with van der Waals surface area (Å²) in [7, 11) is 0. The number of rotatable bonds is 2. The van der Waals surface area contributed by atoms with Crippen molar-refractivity contribution in [2.75, 3.05) is 11.0 Å². The average molecular weight is 283 g/mol. The number of carbonyl (C=O) groups is 2. The molecule has 1 N–H and O–H groups in total. The summed E-state index contributed by atoms with van der Waals surface area (Å²) in [5.74, 6) is -0.953. The van der Waals surface area contributed by atoms with E-state index in [4.69, 9.17) is 5.11 Å². The fourth-order valence-electron chi connectivity index (χ4n) is 1.40. The van der Waals surface area contributed by atoms with Gasteiger partial charge in [0.1, 0.15) is 6.04 Å². The van der Waals surface area contributed by atoms with E-state index in [-0.39, 0.29) is 5.91 Å². The van der Waals surface area contributed by atoms with Crippen molar-refractivity contribution in [3.05, 3.63) is 0 Å². The van der Waals surface area contributed by atoms with Crippen molar-refractivity contribution in [3.8, 4) is 0 Å². The molecule has 1 aliphatic rings. The Bertz CT molecular complexity index is 207. The fraction of sp³-hybridized carbons (Fsp3) is 0.714. The number of hydrogen-bond donors (Lipinski definition) is 1. The average Bonchev–Trinajstić information content (AvgIpc) is 2.50. The summed E-state index contributed by atoms with van der Waals surface area (Å²) < 4.78 is 0.363. The Morgan fingerprint density at radius 1 is 1.58 bits per heavy atom. The number of amides is 1. The maximum atomic E-state index is 11.2. The van der Waals surface area contributed by atoms with E-state index >= 15 is 0 Å². The molecule has 0 radical (unpaired) electrons. The van der Waals surface area contributed by atoms with Gasteiger partial charge in [-0.05, 0) is 12.8 Å². The molecule has 0 aromatic rings. The highest BCUT2D eigenvalue weighted by Gasteiger charge is 2.32. The van der Waals surface area contributed by atoms with E-state index in [1.807, 2.05) is 22.6 Å². The van der Waals surface area contributed by atoms with Crippen molar-refractivity contribution in [2.24, 2.45) is 0 Å². The molecule has 68 valence electrons. The monoisotopic (exact) mass is 283 g/mol. The summed E-state index contributed by atoms with van der Waals surface area (Å²) in [5, 5.41) is 8.73. The Morgan fingerprint density at radius 2 is 2.25 bits per heavy atom. The van der Waals surface area contributed by atoms with E-state index in [2.05, 4.69) is 0 Å². The van der Waals surface area contributed by atoms with Crippen LogP contribution in [0.15, 0.2) is 0 Å². The van der Waals surface area contributed by atoms with Gasteiger partial charge in [0, 0.05) is 6.54 Å². The molecule has 12 heavy (non-hydrogen) atoms. The van der Waals surface area contributed by atoms with Crippen molar-refractivity contribution >= 4 is 34.5 Å². The van der Waals surface area contributed by atoms with Crippen LogP contribution >= 0.6 is 22.6 Å². The highest BCUT2D eigenvalue weighted by atomic mass is 127. The van der Waals surface area contributed by atoms with Crippen LogP contribution < -0.4 is 0 Å². The van der Waals surface area contributed by atoms with Gasteiger partial charge in [0.15, 0.2) is 0 Å². The van der Waals surface area contributed by atoms with Crippen molar-refractivity contribution in [2.45, 2.75) is 18.9 Å². The Kier molecular flexibility index (Phi) is 3.30. The highest BCUT2D eigenvalue weighted by Crippen LogP contribution is 2.17. The number of alkyl halides is 1. The van der Waals surface area contributed by atoms with Gasteiger partial charge < -0.3 is 10.0 Å². The number of carboxylic acid groups (broad SMARTS) is 1. The van der Waals surface area contributed by atoms with Crippen molar-refractivity contribution in [3.63, 3.8) is 0 Å².